The average Bonchev–Trinajstić information content (AvgIpc) is 2.44. The van der Waals surface area contributed by atoms with Crippen LogP contribution in [-0.4, -0.2) is 48.9 Å². The second kappa shape index (κ2) is 5.73. The molecule has 0 radical (unpaired) electrons. The third-order valence-corrected chi connectivity index (χ3v) is 3.99. The van der Waals surface area contributed by atoms with E-state index in [2.05, 4.69) is 5.32 Å². The van der Waals surface area contributed by atoms with Crippen LogP contribution in [0.4, 0.5) is 11.4 Å². The minimum atomic E-state index is -0.671. The topological polar surface area (TPSA) is 78.7 Å². The van der Waals surface area contributed by atoms with Crippen LogP contribution in [0.3, 0.4) is 0 Å². The summed E-state index contributed by atoms with van der Waals surface area (Å²) in [6, 6.07) is 7.14. The zero-order valence-corrected chi connectivity index (χ0v) is 12.7. The van der Waals surface area contributed by atoms with Crippen LogP contribution in [0.25, 0.3) is 0 Å². The lowest BCUT2D eigenvalue weighted by atomic mass is 9.99. The zero-order chi connectivity index (χ0) is 15.6. The van der Waals surface area contributed by atoms with Crippen LogP contribution in [0, 0.1) is 0 Å². The molecule has 0 aromatic heterocycles. The van der Waals surface area contributed by atoms with Crippen molar-refractivity contribution in [3.8, 4) is 0 Å². The van der Waals surface area contributed by atoms with Gasteiger partial charge in [0.2, 0.25) is 11.8 Å². The number of carbonyl (C=O) groups excluding carboxylic acids is 2. The van der Waals surface area contributed by atoms with Crippen LogP contribution in [-0.2, 0) is 9.59 Å². The molecule has 1 saturated heterocycles. The van der Waals surface area contributed by atoms with E-state index in [0.29, 0.717) is 18.8 Å². The highest BCUT2D eigenvalue weighted by Gasteiger charge is 2.38. The predicted octanol–water partition coefficient (Wildman–Crippen LogP) is 0.442. The Morgan fingerprint density at radius 3 is 2.62 bits per heavy atom. The monoisotopic (exact) mass is 290 g/mol. The highest BCUT2D eigenvalue weighted by atomic mass is 16.2. The van der Waals surface area contributed by atoms with Crippen molar-refractivity contribution in [2.45, 2.75) is 19.4 Å². The third-order valence-electron chi connectivity index (χ3n) is 3.99. The molecule has 0 atom stereocenters. The summed E-state index contributed by atoms with van der Waals surface area (Å²) in [5.41, 5.74) is 6.42. The van der Waals surface area contributed by atoms with Crippen molar-refractivity contribution in [2.24, 2.45) is 0 Å². The first-order valence-corrected chi connectivity index (χ1v) is 6.98. The number of piperazine rings is 1. The second-order valence-electron chi connectivity index (χ2n) is 5.78. The average molecular weight is 290 g/mol. The molecule has 21 heavy (non-hydrogen) atoms. The maximum absolute atomic E-state index is 12.4. The summed E-state index contributed by atoms with van der Waals surface area (Å²) in [6.45, 7) is 5.11. The number of nitrogens with two attached hydrogens (primary N) is 1. The molecular weight excluding hydrogens is 268 g/mol. The fourth-order valence-electron chi connectivity index (χ4n) is 2.33. The Morgan fingerprint density at radius 1 is 1.38 bits per heavy atom. The smallest absolute Gasteiger partial charge is 0.240 e. The first kappa shape index (κ1) is 15.3. The van der Waals surface area contributed by atoms with E-state index in [9.17, 15) is 9.59 Å². The van der Waals surface area contributed by atoms with Gasteiger partial charge >= 0.3 is 0 Å². The number of likely N-dealkylation sites (N-methyl/N-ethyl adjacent to an activating group) is 1. The van der Waals surface area contributed by atoms with Gasteiger partial charge in [-0.25, -0.2) is 0 Å². The number of benzene rings is 1. The van der Waals surface area contributed by atoms with E-state index >= 15 is 0 Å². The van der Waals surface area contributed by atoms with Crippen molar-refractivity contribution in [3.63, 3.8) is 0 Å². The number of amides is 2. The largest absolute Gasteiger partial charge is 0.399 e. The van der Waals surface area contributed by atoms with Gasteiger partial charge in [0.05, 0.1) is 12.1 Å². The molecule has 2 amide bonds. The number of nitrogen functional groups attached to an aromatic ring is 1. The molecule has 1 heterocycles. The molecule has 6 heteroatoms. The van der Waals surface area contributed by atoms with E-state index in [1.807, 2.05) is 18.7 Å². The molecule has 0 unspecified atom stereocenters. The van der Waals surface area contributed by atoms with Crippen LogP contribution in [0.2, 0.25) is 0 Å². The molecule has 0 saturated carbocycles. The van der Waals surface area contributed by atoms with Crippen LogP contribution < -0.4 is 16.0 Å². The van der Waals surface area contributed by atoms with Crippen molar-refractivity contribution < 1.29 is 9.59 Å². The second-order valence-corrected chi connectivity index (χ2v) is 5.78. The van der Waals surface area contributed by atoms with Gasteiger partial charge in [0.1, 0.15) is 0 Å². The van der Waals surface area contributed by atoms with Crippen molar-refractivity contribution in [1.29, 1.82) is 0 Å². The van der Waals surface area contributed by atoms with Crippen LogP contribution in [0.5, 0.6) is 0 Å². The lowest BCUT2D eigenvalue weighted by molar-refractivity contribution is -0.136. The molecule has 1 aliphatic rings. The van der Waals surface area contributed by atoms with Gasteiger partial charge < -0.3 is 16.0 Å². The maximum Gasteiger partial charge on any atom is 0.240 e. The van der Waals surface area contributed by atoms with Crippen molar-refractivity contribution in [2.75, 3.05) is 37.3 Å². The summed E-state index contributed by atoms with van der Waals surface area (Å²) in [5, 5.41) is 2.82. The quantitative estimate of drug-likeness (QED) is 0.792. The number of anilines is 2. The summed E-state index contributed by atoms with van der Waals surface area (Å²) >= 11 is 0. The number of nitrogens with one attached hydrogen (secondary N) is 1. The molecule has 0 spiro atoms. The number of hydrogen-bond acceptors (Lipinski definition) is 4. The summed E-state index contributed by atoms with van der Waals surface area (Å²) in [6.07, 6.45) is 0. The number of rotatable bonds is 3. The van der Waals surface area contributed by atoms with Crippen LogP contribution in [0.15, 0.2) is 24.3 Å². The normalized spacial score (nSPS) is 18.1. The minimum Gasteiger partial charge on any atom is -0.399 e. The molecule has 6 nitrogen and oxygen atoms in total. The number of carbonyl (C=O) groups is 2. The third kappa shape index (κ3) is 3.16. The van der Waals surface area contributed by atoms with Gasteiger partial charge in [0.15, 0.2) is 0 Å². The zero-order valence-electron chi connectivity index (χ0n) is 12.7. The Bertz CT molecular complexity index is 539. The fourth-order valence-corrected chi connectivity index (χ4v) is 2.33. The summed E-state index contributed by atoms with van der Waals surface area (Å²) in [4.78, 5) is 27.8. The van der Waals surface area contributed by atoms with Gasteiger partial charge in [0.25, 0.3) is 0 Å². The Morgan fingerprint density at radius 2 is 2.00 bits per heavy atom. The predicted molar refractivity (Wildman–Crippen MR) is 82.9 cm³/mol. The molecule has 0 aliphatic carbocycles. The Hall–Kier alpha value is -2.08. The van der Waals surface area contributed by atoms with Gasteiger partial charge in [-0.15, -0.1) is 0 Å². The van der Waals surface area contributed by atoms with E-state index in [0.717, 1.165) is 5.69 Å². The number of hydrogen-bond donors (Lipinski definition) is 2. The standard InChI is InChI=1S/C15H22N4O2/c1-15(2)14(21)17-8-9-19(15)10-13(20)18(3)12-6-4-11(16)5-7-12/h4-7H,8-10,16H2,1-3H3,(H,17,21). The summed E-state index contributed by atoms with van der Waals surface area (Å²) < 4.78 is 0. The number of nitrogens with zero attached hydrogens (tertiary/aromatic N) is 2. The van der Waals surface area contributed by atoms with E-state index in [1.165, 1.54) is 0 Å². The van der Waals surface area contributed by atoms with E-state index < -0.39 is 5.54 Å². The van der Waals surface area contributed by atoms with Crippen molar-refractivity contribution in [3.05, 3.63) is 24.3 Å². The van der Waals surface area contributed by atoms with Crippen molar-refractivity contribution >= 4 is 23.2 Å². The van der Waals surface area contributed by atoms with Gasteiger partial charge in [-0.1, -0.05) is 0 Å². The van der Waals surface area contributed by atoms with Gasteiger partial charge in [-0.05, 0) is 38.1 Å². The SMILES string of the molecule is CN(C(=O)CN1CCNC(=O)C1(C)C)c1ccc(N)cc1. The summed E-state index contributed by atoms with van der Waals surface area (Å²) in [7, 11) is 1.73. The maximum atomic E-state index is 12.4. The molecule has 1 aliphatic heterocycles. The molecule has 2 rings (SSSR count). The Kier molecular flexibility index (Phi) is 4.18. The molecular formula is C15H22N4O2. The van der Waals surface area contributed by atoms with Gasteiger partial charge in [-0.2, -0.15) is 0 Å². The highest BCUT2D eigenvalue weighted by Crippen LogP contribution is 2.19. The Labute approximate surface area is 124 Å². The van der Waals surface area contributed by atoms with Crippen molar-refractivity contribution in [1.82, 2.24) is 10.2 Å². The summed E-state index contributed by atoms with van der Waals surface area (Å²) in [5.74, 6) is -0.0979. The van der Waals surface area contributed by atoms with E-state index in [4.69, 9.17) is 5.73 Å². The molecule has 0 bridgehead atoms. The van der Waals surface area contributed by atoms with Crippen LogP contribution in [0.1, 0.15) is 13.8 Å². The molecule has 1 aromatic carbocycles. The lowest BCUT2D eigenvalue weighted by Gasteiger charge is -2.41. The first-order chi connectivity index (χ1) is 9.82. The van der Waals surface area contributed by atoms with Crippen LogP contribution >= 0.6 is 0 Å². The fraction of sp³-hybridized carbons (Fsp3) is 0.467. The van der Waals surface area contributed by atoms with E-state index in [-0.39, 0.29) is 18.4 Å². The molecule has 1 fully saturated rings. The molecule has 3 N–H and O–H groups in total. The Balaban J connectivity index is 2.06. The minimum absolute atomic E-state index is 0.0447. The van der Waals surface area contributed by atoms with Gasteiger partial charge in [-0.3, -0.25) is 14.5 Å². The highest BCUT2D eigenvalue weighted by molar-refractivity contribution is 5.95. The molecule has 1 aromatic rings. The lowest BCUT2D eigenvalue weighted by Crippen LogP contribution is -2.63. The van der Waals surface area contributed by atoms with Gasteiger partial charge in [0, 0.05) is 31.5 Å². The first-order valence-electron chi connectivity index (χ1n) is 6.98. The van der Waals surface area contributed by atoms with E-state index in [1.54, 1.807) is 36.2 Å². The molecule has 114 valence electrons.